The molecule has 0 radical (unpaired) electrons. The Balaban J connectivity index is 2.91. The number of aliphatic hydroxyl groups is 2. The molecule has 18 heavy (non-hydrogen) atoms. The summed E-state index contributed by atoms with van der Waals surface area (Å²) in [6, 6.07) is 4.25. The highest BCUT2D eigenvalue weighted by atomic mass is 16.3. The molecule has 0 aliphatic carbocycles. The molecule has 0 spiro atoms. The van der Waals surface area contributed by atoms with Crippen LogP contribution < -0.4 is 11.1 Å². The third-order valence-corrected chi connectivity index (χ3v) is 2.35. The predicted octanol–water partition coefficient (Wildman–Crippen LogP) is -1.35. The summed E-state index contributed by atoms with van der Waals surface area (Å²) in [5, 5.41) is 20.5. The molecular weight excluding hydrogens is 238 g/mol. The van der Waals surface area contributed by atoms with E-state index in [4.69, 9.17) is 15.9 Å². The van der Waals surface area contributed by atoms with Crippen LogP contribution in [0.1, 0.15) is 27.9 Å². The van der Waals surface area contributed by atoms with Crippen molar-refractivity contribution < 1.29 is 19.8 Å². The van der Waals surface area contributed by atoms with Gasteiger partial charge in [0.15, 0.2) is 0 Å². The predicted molar refractivity (Wildman–Crippen MR) is 62.8 cm³/mol. The Bertz CT molecular complexity index is 457. The molecule has 98 valence electrons. The van der Waals surface area contributed by atoms with Gasteiger partial charge >= 0.3 is 0 Å². The van der Waals surface area contributed by atoms with Crippen molar-refractivity contribution in [3.8, 4) is 0 Å². The number of rotatable bonds is 5. The van der Waals surface area contributed by atoms with Gasteiger partial charge < -0.3 is 21.3 Å². The van der Waals surface area contributed by atoms with E-state index in [0.29, 0.717) is 0 Å². The smallest absolute Gasteiger partial charge is 0.270 e. The van der Waals surface area contributed by atoms with Gasteiger partial charge in [-0.3, -0.25) is 9.59 Å². The molecule has 0 fully saturated rings. The number of nitrogens with one attached hydrogen (secondary N) is 1. The molecule has 0 aliphatic rings. The van der Waals surface area contributed by atoms with E-state index in [1.165, 1.54) is 25.1 Å². The van der Waals surface area contributed by atoms with E-state index in [1.54, 1.807) is 0 Å². The van der Waals surface area contributed by atoms with Crippen LogP contribution in [0.3, 0.4) is 0 Å². The maximum atomic E-state index is 11.8. The zero-order chi connectivity index (χ0) is 13.8. The summed E-state index contributed by atoms with van der Waals surface area (Å²) in [6.07, 6.45) is 0. The molecule has 0 bridgehead atoms. The fourth-order valence-corrected chi connectivity index (χ4v) is 1.17. The first kappa shape index (κ1) is 14.1. The van der Waals surface area contributed by atoms with Gasteiger partial charge in [0.25, 0.3) is 11.8 Å². The first-order valence-corrected chi connectivity index (χ1v) is 5.23. The van der Waals surface area contributed by atoms with Crippen molar-refractivity contribution in [2.75, 3.05) is 13.2 Å². The number of aliphatic hydroxyl groups excluding tert-OH is 2. The van der Waals surface area contributed by atoms with E-state index in [2.05, 4.69) is 10.3 Å². The summed E-state index contributed by atoms with van der Waals surface area (Å²) in [7, 11) is 0. The van der Waals surface area contributed by atoms with Crippen LogP contribution in [-0.4, -0.2) is 45.8 Å². The first-order chi connectivity index (χ1) is 8.41. The molecule has 0 unspecified atom stereocenters. The molecule has 0 atom stereocenters. The molecule has 1 aromatic heterocycles. The lowest BCUT2D eigenvalue weighted by Gasteiger charge is -2.25. The molecule has 0 saturated carbocycles. The Labute approximate surface area is 104 Å². The van der Waals surface area contributed by atoms with E-state index in [9.17, 15) is 9.59 Å². The van der Waals surface area contributed by atoms with E-state index in [-0.39, 0.29) is 11.4 Å². The topological polar surface area (TPSA) is 126 Å². The van der Waals surface area contributed by atoms with E-state index in [0.717, 1.165) is 0 Å². The average molecular weight is 253 g/mol. The lowest BCUT2D eigenvalue weighted by molar-refractivity contribution is 0.0719. The molecule has 7 heteroatoms. The van der Waals surface area contributed by atoms with Gasteiger partial charge in [0, 0.05) is 0 Å². The van der Waals surface area contributed by atoms with Gasteiger partial charge in [-0.2, -0.15) is 0 Å². The van der Waals surface area contributed by atoms with Gasteiger partial charge in [0.2, 0.25) is 0 Å². The largest absolute Gasteiger partial charge is 0.394 e. The molecule has 1 heterocycles. The summed E-state index contributed by atoms with van der Waals surface area (Å²) in [4.78, 5) is 26.5. The number of aromatic nitrogens is 1. The zero-order valence-electron chi connectivity index (χ0n) is 9.88. The van der Waals surface area contributed by atoms with Crippen LogP contribution in [0.4, 0.5) is 0 Å². The van der Waals surface area contributed by atoms with E-state index < -0.39 is 30.6 Å². The number of nitrogens with two attached hydrogens (primary N) is 1. The van der Waals surface area contributed by atoms with Crippen LogP contribution in [0.2, 0.25) is 0 Å². The summed E-state index contributed by atoms with van der Waals surface area (Å²) in [5.74, 6) is -1.35. The molecule has 0 aliphatic heterocycles. The lowest BCUT2D eigenvalue weighted by atomic mass is 10.1. The van der Waals surface area contributed by atoms with Crippen molar-refractivity contribution in [2.45, 2.75) is 12.5 Å². The van der Waals surface area contributed by atoms with Crippen molar-refractivity contribution in [2.24, 2.45) is 5.73 Å². The maximum absolute atomic E-state index is 11.8. The number of amides is 2. The number of carbonyl (C=O) groups is 2. The Hall–Kier alpha value is -1.99. The summed E-state index contributed by atoms with van der Waals surface area (Å²) >= 11 is 0. The van der Waals surface area contributed by atoms with Crippen LogP contribution in [0.25, 0.3) is 0 Å². The monoisotopic (exact) mass is 253 g/mol. The van der Waals surface area contributed by atoms with Gasteiger partial charge in [-0.05, 0) is 19.1 Å². The molecule has 1 aromatic rings. The second kappa shape index (κ2) is 5.56. The van der Waals surface area contributed by atoms with E-state index in [1.807, 2.05) is 0 Å². The van der Waals surface area contributed by atoms with Crippen LogP contribution >= 0.6 is 0 Å². The van der Waals surface area contributed by atoms with Crippen LogP contribution in [0.15, 0.2) is 18.2 Å². The average Bonchev–Trinajstić information content (AvgIpc) is 2.38. The summed E-state index contributed by atoms with van der Waals surface area (Å²) in [6.45, 7) is 0.623. The van der Waals surface area contributed by atoms with Crippen molar-refractivity contribution in [1.82, 2.24) is 10.3 Å². The van der Waals surface area contributed by atoms with Crippen molar-refractivity contribution in [3.05, 3.63) is 29.6 Å². The van der Waals surface area contributed by atoms with E-state index >= 15 is 0 Å². The number of pyridine rings is 1. The van der Waals surface area contributed by atoms with Crippen LogP contribution in [0.5, 0.6) is 0 Å². The number of hydrogen-bond donors (Lipinski definition) is 4. The fraction of sp³-hybridized carbons (Fsp3) is 0.364. The molecule has 2 amide bonds. The highest BCUT2D eigenvalue weighted by Gasteiger charge is 2.25. The molecule has 0 saturated heterocycles. The molecular formula is C11H15N3O4. The Morgan fingerprint density at radius 2 is 1.89 bits per heavy atom. The van der Waals surface area contributed by atoms with Crippen LogP contribution in [-0.2, 0) is 0 Å². The molecule has 7 nitrogen and oxygen atoms in total. The molecule has 0 aromatic carbocycles. The number of carbonyl (C=O) groups excluding carboxylic acids is 2. The van der Waals surface area contributed by atoms with Gasteiger partial charge in [-0.1, -0.05) is 6.07 Å². The Morgan fingerprint density at radius 1 is 1.33 bits per heavy atom. The van der Waals surface area contributed by atoms with Crippen LogP contribution in [0, 0.1) is 0 Å². The minimum atomic E-state index is -1.15. The van der Waals surface area contributed by atoms with Crippen molar-refractivity contribution in [3.63, 3.8) is 0 Å². The fourth-order valence-electron chi connectivity index (χ4n) is 1.17. The van der Waals surface area contributed by atoms with Gasteiger partial charge in [0.05, 0.1) is 18.8 Å². The quantitative estimate of drug-likeness (QED) is 0.516. The third-order valence-electron chi connectivity index (χ3n) is 2.35. The normalized spacial score (nSPS) is 11.1. The minimum Gasteiger partial charge on any atom is -0.394 e. The SMILES string of the molecule is CC(CO)(CO)NC(=O)c1cccc(C(N)=O)n1. The lowest BCUT2D eigenvalue weighted by Crippen LogP contribution is -2.52. The van der Waals surface area contributed by atoms with Crippen molar-refractivity contribution >= 4 is 11.8 Å². The summed E-state index contributed by atoms with van der Waals surface area (Å²) in [5.41, 5.74) is 3.85. The van der Waals surface area contributed by atoms with Gasteiger partial charge in [-0.25, -0.2) is 4.98 Å². The third kappa shape index (κ3) is 3.25. The highest BCUT2D eigenvalue weighted by Crippen LogP contribution is 2.05. The zero-order valence-corrected chi connectivity index (χ0v) is 9.88. The Morgan fingerprint density at radius 3 is 2.39 bits per heavy atom. The molecule has 1 rings (SSSR count). The standard InChI is InChI=1S/C11H15N3O4/c1-11(5-15,6-16)14-10(18)8-4-2-3-7(13-8)9(12)17/h2-4,15-16H,5-6H2,1H3,(H2,12,17)(H,14,18). The maximum Gasteiger partial charge on any atom is 0.270 e. The van der Waals surface area contributed by atoms with Crippen molar-refractivity contribution in [1.29, 1.82) is 0 Å². The van der Waals surface area contributed by atoms with Gasteiger partial charge in [-0.15, -0.1) is 0 Å². The minimum absolute atomic E-state index is 0.0144. The highest BCUT2D eigenvalue weighted by molar-refractivity contribution is 5.95. The number of primary amides is 1. The number of nitrogens with zero attached hydrogens (tertiary/aromatic N) is 1. The second-order valence-electron chi connectivity index (χ2n) is 4.10. The Kier molecular flexibility index (Phi) is 4.35. The number of hydrogen-bond acceptors (Lipinski definition) is 5. The molecule has 5 N–H and O–H groups in total. The second-order valence-corrected chi connectivity index (χ2v) is 4.10. The van der Waals surface area contributed by atoms with Gasteiger partial charge in [0.1, 0.15) is 11.4 Å². The first-order valence-electron chi connectivity index (χ1n) is 5.23. The summed E-state index contributed by atoms with van der Waals surface area (Å²) < 4.78 is 0.